The monoisotopic (exact) mass is 697 g/mol. The number of benzene rings is 3. The molecule has 3 N–H and O–H groups in total. The number of pyridine rings is 1. The fourth-order valence-corrected chi connectivity index (χ4v) is 7.02. The van der Waals surface area contributed by atoms with Crippen LogP contribution in [0.1, 0.15) is 58.4 Å². The number of aliphatic hydroxyl groups excluding tert-OH is 1. The van der Waals surface area contributed by atoms with Gasteiger partial charge in [-0.1, -0.05) is 73.7 Å². The molecule has 2 fully saturated rings. The number of aromatic carboxylic acids is 1. The van der Waals surface area contributed by atoms with E-state index in [9.17, 15) is 29.4 Å². The lowest BCUT2D eigenvalue weighted by Gasteiger charge is -2.41. The van der Waals surface area contributed by atoms with Gasteiger partial charge in [-0.05, 0) is 41.0 Å². The Morgan fingerprint density at radius 1 is 0.960 bits per heavy atom. The van der Waals surface area contributed by atoms with Gasteiger partial charge in [0.25, 0.3) is 5.91 Å². The number of carbonyl (C=O) groups excluding carboxylic acids is 3. The van der Waals surface area contributed by atoms with Crippen molar-refractivity contribution in [2.24, 2.45) is 5.92 Å². The van der Waals surface area contributed by atoms with Crippen molar-refractivity contribution in [2.45, 2.75) is 56.1 Å². The van der Waals surface area contributed by atoms with Crippen LogP contribution in [0.3, 0.4) is 0 Å². The number of thioether (sulfide) groups is 1. The molecule has 3 heterocycles. The number of nitrogens with zero attached hydrogens (tertiary/aromatic N) is 2. The van der Waals surface area contributed by atoms with Crippen molar-refractivity contribution in [2.75, 3.05) is 10.7 Å². The summed E-state index contributed by atoms with van der Waals surface area (Å²) >= 11 is 1.27. The zero-order chi connectivity index (χ0) is 35.2. The van der Waals surface area contributed by atoms with Crippen molar-refractivity contribution < 1.29 is 43.6 Å². The Morgan fingerprint density at radius 2 is 1.74 bits per heavy atom. The lowest BCUT2D eigenvalue weighted by Crippen LogP contribution is -2.42. The Bertz CT molecular complexity index is 1860. The maximum Gasteiger partial charge on any atom is 0.408 e. The number of anilines is 1. The SMILES string of the molecule is C[C@@H]1[C@H](CSc2ncccc2C(=O)O)O[C@H](c2cccc(N3C(=O)CC(NC(=O)OCc4ccccc4)C3=O)c2)O[C@@H]1c1ccc(CO)cc1. The topological polar surface area (TPSA) is 165 Å². The molecule has 5 atom stereocenters. The second-order valence-corrected chi connectivity index (χ2v) is 12.9. The van der Waals surface area contributed by atoms with Crippen LogP contribution in [0.2, 0.25) is 0 Å². The number of amides is 3. The molecule has 50 heavy (non-hydrogen) atoms. The van der Waals surface area contributed by atoms with Crippen molar-refractivity contribution in [3.63, 3.8) is 0 Å². The van der Waals surface area contributed by atoms with Crippen molar-refractivity contribution in [1.29, 1.82) is 0 Å². The fourth-order valence-electron chi connectivity index (χ4n) is 5.87. The maximum absolute atomic E-state index is 13.4. The molecule has 0 spiro atoms. The number of nitrogens with one attached hydrogen (secondary N) is 1. The zero-order valence-electron chi connectivity index (χ0n) is 27.0. The first-order chi connectivity index (χ1) is 24.2. The van der Waals surface area contributed by atoms with E-state index in [1.807, 2.05) is 49.4 Å². The highest BCUT2D eigenvalue weighted by Gasteiger charge is 2.42. The summed E-state index contributed by atoms with van der Waals surface area (Å²) in [4.78, 5) is 56.1. The van der Waals surface area contributed by atoms with Crippen LogP contribution in [0.25, 0.3) is 0 Å². The average Bonchev–Trinajstić information content (AvgIpc) is 3.42. The zero-order valence-corrected chi connectivity index (χ0v) is 27.8. The number of hydrogen-bond donors (Lipinski definition) is 3. The van der Waals surface area contributed by atoms with Crippen molar-refractivity contribution in [3.05, 3.63) is 125 Å². The van der Waals surface area contributed by atoms with E-state index < -0.39 is 48.4 Å². The first-order valence-electron chi connectivity index (χ1n) is 16.0. The number of carbonyl (C=O) groups is 4. The van der Waals surface area contributed by atoms with Gasteiger partial charge in [-0.2, -0.15) is 0 Å². The van der Waals surface area contributed by atoms with Gasteiger partial charge in [0.1, 0.15) is 17.7 Å². The minimum atomic E-state index is -1.09. The second-order valence-electron chi connectivity index (χ2n) is 11.9. The van der Waals surface area contributed by atoms with Gasteiger partial charge in [0, 0.05) is 23.4 Å². The third-order valence-electron chi connectivity index (χ3n) is 8.56. The van der Waals surface area contributed by atoms with Crippen LogP contribution in [0.4, 0.5) is 10.5 Å². The average molecular weight is 698 g/mol. The number of aliphatic hydroxyl groups is 1. The van der Waals surface area contributed by atoms with Crippen LogP contribution in [0.5, 0.6) is 0 Å². The Kier molecular flexibility index (Phi) is 10.9. The van der Waals surface area contributed by atoms with E-state index in [4.69, 9.17) is 14.2 Å². The summed E-state index contributed by atoms with van der Waals surface area (Å²) in [7, 11) is 0. The van der Waals surface area contributed by atoms with Crippen LogP contribution >= 0.6 is 11.8 Å². The molecule has 258 valence electrons. The molecule has 3 amide bonds. The molecule has 2 aliphatic rings. The number of carboxylic acids is 1. The fraction of sp³-hybridized carbons (Fsp3) is 0.270. The predicted molar refractivity (Wildman–Crippen MR) is 182 cm³/mol. The Labute approximate surface area is 292 Å². The molecule has 3 aromatic carbocycles. The van der Waals surface area contributed by atoms with E-state index in [1.165, 1.54) is 24.0 Å². The van der Waals surface area contributed by atoms with Gasteiger partial charge in [-0.15, -0.1) is 11.8 Å². The minimum absolute atomic E-state index is 0.0158. The maximum atomic E-state index is 13.4. The number of ether oxygens (including phenoxy) is 3. The third-order valence-corrected chi connectivity index (χ3v) is 9.66. The van der Waals surface area contributed by atoms with Crippen LogP contribution in [-0.4, -0.2) is 57.0 Å². The predicted octanol–water partition coefficient (Wildman–Crippen LogP) is 5.41. The molecule has 6 rings (SSSR count). The van der Waals surface area contributed by atoms with E-state index in [2.05, 4.69) is 10.3 Å². The molecule has 0 aliphatic carbocycles. The molecular weight excluding hydrogens is 662 g/mol. The quantitative estimate of drug-likeness (QED) is 0.136. The summed E-state index contributed by atoms with van der Waals surface area (Å²) in [6, 6.07) is 25.2. The van der Waals surface area contributed by atoms with Crippen molar-refractivity contribution >= 4 is 41.3 Å². The largest absolute Gasteiger partial charge is 0.478 e. The number of imide groups is 1. The minimum Gasteiger partial charge on any atom is -0.478 e. The van der Waals surface area contributed by atoms with Crippen LogP contribution < -0.4 is 10.2 Å². The molecule has 0 saturated carbocycles. The summed E-state index contributed by atoms with van der Waals surface area (Å²) in [5, 5.41) is 22.1. The number of alkyl carbamates (subject to hydrolysis) is 1. The summed E-state index contributed by atoms with van der Waals surface area (Å²) in [6.07, 6.45) is -1.30. The van der Waals surface area contributed by atoms with Gasteiger partial charge in [-0.25, -0.2) is 19.5 Å². The van der Waals surface area contributed by atoms with Gasteiger partial charge in [-0.3, -0.25) is 9.59 Å². The number of aromatic nitrogens is 1. The van der Waals surface area contributed by atoms with Crippen LogP contribution in [0, 0.1) is 5.92 Å². The van der Waals surface area contributed by atoms with Gasteiger partial charge in [0.15, 0.2) is 6.29 Å². The molecular formula is C37H35N3O9S. The van der Waals surface area contributed by atoms with Gasteiger partial charge in [0.2, 0.25) is 5.91 Å². The van der Waals surface area contributed by atoms with E-state index >= 15 is 0 Å². The molecule has 2 aliphatic heterocycles. The summed E-state index contributed by atoms with van der Waals surface area (Å²) in [5.41, 5.74) is 3.32. The number of rotatable bonds is 11. The lowest BCUT2D eigenvalue weighted by atomic mass is 9.91. The smallest absolute Gasteiger partial charge is 0.408 e. The number of carboxylic acid groups (broad SMARTS) is 1. The molecule has 12 nitrogen and oxygen atoms in total. The Morgan fingerprint density at radius 3 is 2.48 bits per heavy atom. The van der Waals surface area contributed by atoms with Crippen molar-refractivity contribution in [1.82, 2.24) is 10.3 Å². The standard InChI is InChI=1S/C37H35N3O9S/c1-22-30(21-50-33-28(35(44)45)11-6-16-38-33)48-36(49-32(22)25-14-12-23(19-41)13-15-25)26-9-5-10-27(17-26)40-31(42)18-29(34(40)43)39-37(46)47-20-24-7-3-2-4-8-24/h2-17,22,29-30,32,36,41H,18-21H2,1H3,(H,39,46)(H,44,45)/t22-,29?,30+,32+,36+/m1/s1. The van der Waals surface area contributed by atoms with Crippen molar-refractivity contribution in [3.8, 4) is 0 Å². The molecule has 13 heteroatoms. The molecule has 1 unspecified atom stereocenters. The van der Waals surface area contributed by atoms with E-state index in [0.29, 0.717) is 22.0 Å². The van der Waals surface area contributed by atoms with Crippen LogP contribution in [0.15, 0.2) is 102 Å². The lowest BCUT2D eigenvalue weighted by molar-refractivity contribution is -0.268. The molecule has 0 radical (unpaired) electrons. The molecule has 2 saturated heterocycles. The highest BCUT2D eigenvalue weighted by molar-refractivity contribution is 7.99. The highest BCUT2D eigenvalue weighted by atomic mass is 32.2. The second kappa shape index (κ2) is 15.6. The van der Waals surface area contributed by atoms with E-state index in [-0.39, 0.29) is 31.1 Å². The van der Waals surface area contributed by atoms with Gasteiger partial charge in [0.05, 0.1) is 36.5 Å². The summed E-state index contributed by atoms with van der Waals surface area (Å²) < 4.78 is 18.3. The normalized spacial score (nSPS) is 22.0. The van der Waals surface area contributed by atoms with Gasteiger partial charge < -0.3 is 29.7 Å². The number of hydrogen-bond acceptors (Lipinski definition) is 10. The Hall–Kier alpha value is -5.08. The van der Waals surface area contributed by atoms with Crippen LogP contribution in [-0.2, 0) is 37.0 Å². The van der Waals surface area contributed by atoms with E-state index in [0.717, 1.165) is 21.6 Å². The highest BCUT2D eigenvalue weighted by Crippen LogP contribution is 2.43. The molecule has 1 aromatic heterocycles. The molecule has 4 aromatic rings. The Balaban J connectivity index is 1.20. The first-order valence-corrected chi connectivity index (χ1v) is 17.0. The summed E-state index contributed by atoms with van der Waals surface area (Å²) in [5.74, 6) is -1.98. The van der Waals surface area contributed by atoms with E-state index in [1.54, 1.807) is 42.5 Å². The first kappa shape index (κ1) is 34.8. The molecule has 0 bridgehead atoms. The third kappa shape index (κ3) is 7.87. The summed E-state index contributed by atoms with van der Waals surface area (Å²) in [6.45, 7) is 1.90. The van der Waals surface area contributed by atoms with Gasteiger partial charge >= 0.3 is 12.1 Å².